The molecular weight excluding hydrogens is 460 g/mol. The molecule has 172 valence electrons. The number of aliphatic imine (C=N–C) groups is 1. The van der Waals surface area contributed by atoms with Gasteiger partial charge in [0.25, 0.3) is 0 Å². The molecule has 0 spiro atoms. The number of thioether (sulfide) groups is 2. The fourth-order valence-corrected chi connectivity index (χ4v) is 3.05. The van der Waals surface area contributed by atoms with E-state index in [1.165, 1.54) is 42.2 Å². The predicted molar refractivity (Wildman–Crippen MR) is 140 cm³/mol. The number of carbonyl (C=O) groups excluding carboxylic acids is 1. The van der Waals surface area contributed by atoms with Gasteiger partial charge in [-0.25, -0.2) is 4.99 Å². The van der Waals surface area contributed by atoms with Crippen molar-refractivity contribution in [2.24, 2.45) is 31.1 Å². The summed E-state index contributed by atoms with van der Waals surface area (Å²) in [4.78, 5) is 15.3. The Hall–Kier alpha value is -3.44. The summed E-state index contributed by atoms with van der Waals surface area (Å²) in [5.74, 6) is -0.174. The minimum Gasteiger partial charge on any atom is -0.507 e. The van der Waals surface area contributed by atoms with Crippen LogP contribution in [0.1, 0.15) is 38.2 Å². The zero-order chi connectivity index (χ0) is 24.4. The van der Waals surface area contributed by atoms with E-state index in [1.807, 2.05) is 13.8 Å². The van der Waals surface area contributed by atoms with Crippen molar-refractivity contribution >= 4 is 58.8 Å². The number of benzene rings is 2. The molecule has 0 aliphatic heterocycles. The Morgan fingerprint density at radius 1 is 0.818 bits per heavy atom. The highest BCUT2D eigenvalue weighted by molar-refractivity contribution is 8.13. The lowest BCUT2D eigenvalue weighted by molar-refractivity contribution is 0.112. The van der Waals surface area contributed by atoms with E-state index in [9.17, 15) is 15.0 Å². The van der Waals surface area contributed by atoms with Crippen LogP contribution in [0.3, 0.4) is 0 Å². The number of hydrogen-bond donors (Lipinski definition) is 3. The number of aromatic hydroxyl groups is 2. The van der Waals surface area contributed by atoms with Gasteiger partial charge in [0.2, 0.25) is 5.17 Å². The summed E-state index contributed by atoms with van der Waals surface area (Å²) >= 11 is 2.51. The summed E-state index contributed by atoms with van der Waals surface area (Å²) in [5, 5.41) is 37.0. The average Bonchev–Trinajstić information content (AvgIpc) is 2.80. The highest BCUT2D eigenvalue weighted by Crippen LogP contribution is 2.23. The highest BCUT2D eigenvalue weighted by atomic mass is 32.2. The Labute approximate surface area is 200 Å². The molecule has 33 heavy (non-hydrogen) atoms. The first-order valence-electron chi connectivity index (χ1n) is 9.51. The standard InChI is InChI=1S/C22H24N6O3S2/c1-13-6-16(10-25-27-21(23)32-3)19(30)17(7-13)11-26-28-22(33-4)24-9-15-5-14(2)8-18(12-29)20(15)31/h5-12,30-31H,1-4H3,(H2,23,27)/b24-9+,25-10?,26-11+,28-22-. The van der Waals surface area contributed by atoms with Gasteiger partial charge in [0.05, 0.1) is 18.0 Å². The molecule has 9 nitrogen and oxygen atoms in total. The second-order valence-electron chi connectivity index (χ2n) is 6.68. The average molecular weight is 485 g/mol. The minimum atomic E-state index is -0.147. The van der Waals surface area contributed by atoms with Crippen LogP contribution in [0.25, 0.3) is 0 Å². The normalized spacial score (nSPS) is 13.0. The number of amidine groups is 2. The van der Waals surface area contributed by atoms with Gasteiger partial charge in [-0.3, -0.25) is 4.79 Å². The lowest BCUT2D eigenvalue weighted by Gasteiger charge is -2.04. The van der Waals surface area contributed by atoms with Gasteiger partial charge in [0.1, 0.15) is 11.5 Å². The van der Waals surface area contributed by atoms with Crippen molar-refractivity contribution in [3.8, 4) is 11.5 Å². The Balaban J connectivity index is 2.28. The van der Waals surface area contributed by atoms with E-state index < -0.39 is 0 Å². The van der Waals surface area contributed by atoms with Crippen molar-refractivity contribution in [1.82, 2.24) is 0 Å². The topological polar surface area (TPSA) is 145 Å². The maximum atomic E-state index is 11.1. The third kappa shape index (κ3) is 7.58. The Kier molecular flexibility index (Phi) is 9.83. The smallest absolute Gasteiger partial charge is 0.208 e. The molecule has 11 heteroatoms. The fraction of sp³-hybridized carbons (Fsp3) is 0.182. The van der Waals surface area contributed by atoms with Crippen LogP contribution in [0.15, 0.2) is 49.7 Å². The van der Waals surface area contributed by atoms with Crippen molar-refractivity contribution in [3.63, 3.8) is 0 Å². The van der Waals surface area contributed by atoms with E-state index in [1.54, 1.807) is 36.8 Å². The van der Waals surface area contributed by atoms with E-state index in [0.717, 1.165) is 11.1 Å². The summed E-state index contributed by atoms with van der Waals surface area (Å²) in [6.07, 6.45) is 8.38. The summed E-state index contributed by atoms with van der Waals surface area (Å²) in [5.41, 5.74) is 8.77. The zero-order valence-electron chi connectivity index (χ0n) is 18.6. The number of nitrogens with zero attached hydrogens (tertiary/aromatic N) is 5. The second kappa shape index (κ2) is 12.6. The Morgan fingerprint density at radius 3 is 1.82 bits per heavy atom. The molecule has 2 rings (SSSR count). The highest BCUT2D eigenvalue weighted by Gasteiger charge is 2.08. The van der Waals surface area contributed by atoms with Gasteiger partial charge in [0, 0.05) is 22.9 Å². The van der Waals surface area contributed by atoms with Crippen LogP contribution < -0.4 is 5.73 Å². The lowest BCUT2D eigenvalue weighted by atomic mass is 10.1. The molecule has 0 fully saturated rings. The molecule has 0 atom stereocenters. The molecule has 4 N–H and O–H groups in total. The molecule has 0 bridgehead atoms. The van der Waals surface area contributed by atoms with Crippen LogP contribution in [0, 0.1) is 13.8 Å². The summed E-state index contributed by atoms with van der Waals surface area (Å²) in [6.45, 7) is 3.69. The van der Waals surface area contributed by atoms with Crippen LogP contribution in [-0.2, 0) is 0 Å². The first-order valence-corrected chi connectivity index (χ1v) is 12.0. The molecule has 0 saturated carbocycles. The molecule has 2 aromatic carbocycles. The summed E-state index contributed by atoms with van der Waals surface area (Å²) < 4.78 is 0. The number of phenolic OH excluding ortho intramolecular Hbond substituents is 2. The molecule has 0 aliphatic carbocycles. The van der Waals surface area contributed by atoms with E-state index >= 15 is 0 Å². The molecule has 0 aliphatic rings. The van der Waals surface area contributed by atoms with Crippen LogP contribution in [0.2, 0.25) is 0 Å². The van der Waals surface area contributed by atoms with Crippen LogP contribution >= 0.6 is 23.5 Å². The number of carbonyl (C=O) groups is 1. The first kappa shape index (κ1) is 25.8. The monoisotopic (exact) mass is 484 g/mol. The summed E-state index contributed by atoms with van der Waals surface area (Å²) in [6, 6.07) is 6.80. The van der Waals surface area contributed by atoms with Gasteiger partial charge in [-0.05, 0) is 61.8 Å². The van der Waals surface area contributed by atoms with Gasteiger partial charge in [0.15, 0.2) is 11.5 Å². The van der Waals surface area contributed by atoms with Gasteiger partial charge >= 0.3 is 0 Å². The molecule has 2 aromatic rings. The van der Waals surface area contributed by atoms with Crippen LogP contribution in [0.4, 0.5) is 0 Å². The second-order valence-corrected chi connectivity index (χ2v) is 8.28. The van der Waals surface area contributed by atoms with Crippen LogP contribution in [-0.4, -0.2) is 58.0 Å². The molecule has 0 saturated heterocycles. The predicted octanol–water partition coefficient (Wildman–Crippen LogP) is 3.71. The van der Waals surface area contributed by atoms with Crippen molar-refractivity contribution in [3.05, 3.63) is 57.6 Å². The fourth-order valence-electron chi connectivity index (χ4n) is 2.63. The van der Waals surface area contributed by atoms with E-state index in [2.05, 4.69) is 25.4 Å². The SMILES string of the molecule is CSC(N)=NN=Cc1cc(C)cc(/C=N/N=C(/N=C/c2cc(C)cc(C=O)c2O)SC)c1O. The molecule has 0 radical (unpaired) electrons. The maximum absolute atomic E-state index is 11.1. The number of aryl methyl sites for hydroxylation is 2. The number of rotatable bonds is 6. The van der Waals surface area contributed by atoms with E-state index in [4.69, 9.17) is 5.73 Å². The van der Waals surface area contributed by atoms with Gasteiger partial charge < -0.3 is 15.9 Å². The number of nitrogens with two attached hydrogens (primary N) is 1. The number of phenols is 2. The van der Waals surface area contributed by atoms with Gasteiger partial charge in [-0.15, -0.1) is 10.2 Å². The summed E-state index contributed by atoms with van der Waals surface area (Å²) in [7, 11) is 0. The lowest BCUT2D eigenvalue weighted by Crippen LogP contribution is -2.04. The third-order valence-corrected chi connectivity index (χ3v) is 5.20. The van der Waals surface area contributed by atoms with Crippen molar-refractivity contribution < 1.29 is 15.0 Å². The molecule has 0 unspecified atom stereocenters. The van der Waals surface area contributed by atoms with E-state index in [-0.39, 0.29) is 17.1 Å². The molecule has 0 heterocycles. The number of aldehydes is 1. The van der Waals surface area contributed by atoms with Gasteiger partial charge in [-0.2, -0.15) is 10.2 Å². The van der Waals surface area contributed by atoms with E-state index in [0.29, 0.717) is 33.3 Å². The first-order chi connectivity index (χ1) is 15.8. The minimum absolute atomic E-state index is 0.0264. The Morgan fingerprint density at radius 2 is 1.30 bits per heavy atom. The quantitative estimate of drug-likeness (QED) is 0.247. The largest absolute Gasteiger partial charge is 0.507 e. The van der Waals surface area contributed by atoms with Crippen molar-refractivity contribution in [1.29, 1.82) is 0 Å². The van der Waals surface area contributed by atoms with Crippen molar-refractivity contribution in [2.45, 2.75) is 13.8 Å². The Bertz CT molecular complexity index is 1170. The number of hydrogen-bond acceptors (Lipinski definition) is 9. The third-order valence-electron chi connectivity index (χ3n) is 4.15. The van der Waals surface area contributed by atoms with Crippen LogP contribution in [0.5, 0.6) is 11.5 Å². The molecule has 0 amide bonds. The molecule has 0 aromatic heterocycles. The van der Waals surface area contributed by atoms with Gasteiger partial charge in [-0.1, -0.05) is 23.5 Å². The van der Waals surface area contributed by atoms with Crippen molar-refractivity contribution in [2.75, 3.05) is 12.5 Å². The molecular formula is C22H24N6O3S2. The zero-order valence-corrected chi connectivity index (χ0v) is 20.2. The maximum Gasteiger partial charge on any atom is 0.208 e.